The molecule has 0 atom stereocenters. The van der Waals surface area contributed by atoms with Gasteiger partial charge in [0.1, 0.15) is 5.52 Å². The minimum absolute atomic E-state index is 0.121. The molecule has 0 spiro atoms. The molecule has 1 N–H and O–H groups in total. The summed E-state index contributed by atoms with van der Waals surface area (Å²) in [6.07, 6.45) is 1.80. The number of H-pyrrole nitrogens is 1. The second kappa shape index (κ2) is 3.10. The van der Waals surface area contributed by atoms with Crippen molar-refractivity contribution in [3.8, 4) is 5.88 Å². The minimum Gasteiger partial charge on any atom is -0.481 e. The molecule has 3 aromatic heterocycles. The molecule has 3 heterocycles. The van der Waals surface area contributed by atoms with Crippen LogP contribution in [0.2, 0.25) is 0 Å². The van der Waals surface area contributed by atoms with Crippen molar-refractivity contribution < 1.29 is 4.74 Å². The van der Waals surface area contributed by atoms with Crippen molar-refractivity contribution in [3.05, 3.63) is 40.8 Å². The van der Waals surface area contributed by atoms with E-state index in [9.17, 15) is 4.79 Å². The SMILES string of the molecule is COc1ccc2[nH]c(=O)c3cccn3c2n1. The third kappa shape index (κ3) is 1.11. The Morgan fingerprint density at radius 3 is 3.06 bits per heavy atom. The van der Waals surface area contributed by atoms with E-state index in [4.69, 9.17) is 4.74 Å². The van der Waals surface area contributed by atoms with Gasteiger partial charge in [0.15, 0.2) is 5.65 Å². The Labute approximate surface area is 90.3 Å². The molecule has 0 fully saturated rings. The summed E-state index contributed by atoms with van der Waals surface area (Å²) in [5.74, 6) is 0.523. The molecule has 3 aromatic rings. The van der Waals surface area contributed by atoms with Crippen LogP contribution in [-0.2, 0) is 0 Å². The highest BCUT2D eigenvalue weighted by molar-refractivity contribution is 5.74. The number of pyridine rings is 1. The van der Waals surface area contributed by atoms with E-state index in [0.717, 1.165) is 0 Å². The van der Waals surface area contributed by atoms with Crippen LogP contribution in [0.1, 0.15) is 0 Å². The Morgan fingerprint density at radius 2 is 2.25 bits per heavy atom. The minimum atomic E-state index is -0.121. The summed E-state index contributed by atoms with van der Waals surface area (Å²) in [4.78, 5) is 18.8. The molecule has 3 rings (SSSR count). The van der Waals surface area contributed by atoms with Gasteiger partial charge in [0.25, 0.3) is 5.56 Å². The predicted octanol–water partition coefficient (Wildman–Crippen LogP) is 1.18. The maximum absolute atomic E-state index is 11.7. The average molecular weight is 215 g/mol. The van der Waals surface area contributed by atoms with Gasteiger partial charge in [-0.25, -0.2) is 0 Å². The van der Waals surface area contributed by atoms with Crippen LogP contribution in [0.4, 0.5) is 0 Å². The molecule has 5 nitrogen and oxygen atoms in total. The van der Waals surface area contributed by atoms with Crippen molar-refractivity contribution in [2.24, 2.45) is 0 Å². The standard InChI is InChI=1S/C11H9N3O2/c1-16-9-5-4-7-10(13-9)14-6-2-3-8(14)11(15)12-7/h2-6H,1H3,(H,12,15). The molecule has 0 aliphatic carbocycles. The Balaban J connectivity index is 2.55. The summed E-state index contributed by atoms with van der Waals surface area (Å²) >= 11 is 0. The number of nitrogens with one attached hydrogen (secondary N) is 1. The quantitative estimate of drug-likeness (QED) is 0.663. The molecule has 0 aromatic carbocycles. The lowest BCUT2D eigenvalue weighted by Gasteiger charge is -2.03. The summed E-state index contributed by atoms with van der Waals surface area (Å²) in [5, 5.41) is 0. The largest absolute Gasteiger partial charge is 0.481 e. The average Bonchev–Trinajstić information content (AvgIpc) is 2.78. The van der Waals surface area contributed by atoms with E-state index in [2.05, 4.69) is 9.97 Å². The summed E-state index contributed by atoms with van der Waals surface area (Å²) in [5.41, 5.74) is 1.83. The van der Waals surface area contributed by atoms with Crippen LogP contribution in [0.3, 0.4) is 0 Å². The number of methoxy groups -OCH3 is 1. The van der Waals surface area contributed by atoms with E-state index in [1.807, 2.05) is 6.07 Å². The zero-order chi connectivity index (χ0) is 11.1. The van der Waals surface area contributed by atoms with Gasteiger partial charge >= 0.3 is 0 Å². The zero-order valence-electron chi connectivity index (χ0n) is 8.60. The number of hydrogen-bond acceptors (Lipinski definition) is 3. The first-order valence-electron chi connectivity index (χ1n) is 4.84. The van der Waals surface area contributed by atoms with Crippen molar-refractivity contribution in [2.45, 2.75) is 0 Å². The summed E-state index contributed by atoms with van der Waals surface area (Å²) in [6.45, 7) is 0. The van der Waals surface area contributed by atoms with Crippen LogP contribution in [0.15, 0.2) is 35.3 Å². The molecule has 0 radical (unpaired) electrons. The number of aromatic amines is 1. The lowest BCUT2D eigenvalue weighted by Crippen LogP contribution is -2.10. The lowest BCUT2D eigenvalue weighted by atomic mass is 10.4. The molecule has 0 aliphatic rings. The fourth-order valence-electron chi connectivity index (χ4n) is 1.76. The summed E-state index contributed by atoms with van der Waals surface area (Å²) < 4.78 is 6.81. The number of nitrogens with zero attached hydrogens (tertiary/aromatic N) is 2. The van der Waals surface area contributed by atoms with Gasteiger partial charge in [-0.15, -0.1) is 0 Å². The smallest absolute Gasteiger partial charge is 0.272 e. The number of rotatable bonds is 1. The Bertz CT molecular complexity index is 727. The van der Waals surface area contributed by atoms with Gasteiger partial charge in [0, 0.05) is 12.3 Å². The van der Waals surface area contributed by atoms with Gasteiger partial charge in [-0.1, -0.05) is 0 Å². The molecular formula is C11H9N3O2. The van der Waals surface area contributed by atoms with Crippen LogP contribution in [0.25, 0.3) is 16.7 Å². The van der Waals surface area contributed by atoms with E-state index >= 15 is 0 Å². The highest BCUT2D eigenvalue weighted by atomic mass is 16.5. The second-order valence-corrected chi connectivity index (χ2v) is 3.44. The second-order valence-electron chi connectivity index (χ2n) is 3.44. The molecule has 0 unspecified atom stereocenters. The van der Waals surface area contributed by atoms with Gasteiger partial charge in [0.05, 0.1) is 12.6 Å². The number of hydrogen-bond donors (Lipinski definition) is 1. The van der Waals surface area contributed by atoms with Gasteiger partial charge in [0.2, 0.25) is 5.88 Å². The molecule has 0 amide bonds. The first kappa shape index (κ1) is 8.96. The van der Waals surface area contributed by atoms with Gasteiger partial charge in [-0.2, -0.15) is 4.98 Å². The number of fused-ring (bicyclic) bond motifs is 3. The number of ether oxygens (including phenoxy) is 1. The van der Waals surface area contributed by atoms with Crippen molar-refractivity contribution in [1.29, 1.82) is 0 Å². The maximum Gasteiger partial charge on any atom is 0.272 e. The molecule has 0 bridgehead atoms. The first-order valence-corrected chi connectivity index (χ1v) is 4.84. The maximum atomic E-state index is 11.7. The van der Waals surface area contributed by atoms with Crippen LogP contribution < -0.4 is 10.3 Å². The Hall–Kier alpha value is -2.30. The van der Waals surface area contributed by atoms with Crippen LogP contribution in [0.5, 0.6) is 5.88 Å². The summed E-state index contributed by atoms with van der Waals surface area (Å²) in [7, 11) is 1.56. The van der Waals surface area contributed by atoms with Crippen LogP contribution in [-0.4, -0.2) is 21.5 Å². The fourth-order valence-corrected chi connectivity index (χ4v) is 1.76. The third-order valence-corrected chi connectivity index (χ3v) is 2.52. The Morgan fingerprint density at radius 1 is 1.38 bits per heavy atom. The fraction of sp³-hybridized carbons (Fsp3) is 0.0909. The molecule has 0 saturated carbocycles. The monoisotopic (exact) mass is 215 g/mol. The zero-order valence-corrected chi connectivity index (χ0v) is 8.60. The van der Waals surface area contributed by atoms with Crippen molar-refractivity contribution in [3.63, 3.8) is 0 Å². The highest BCUT2D eigenvalue weighted by Crippen LogP contribution is 2.14. The van der Waals surface area contributed by atoms with Gasteiger partial charge < -0.3 is 9.72 Å². The molecule has 16 heavy (non-hydrogen) atoms. The van der Waals surface area contributed by atoms with Crippen LogP contribution in [0, 0.1) is 0 Å². The van der Waals surface area contributed by atoms with Gasteiger partial charge in [-0.3, -0.25) is 9.20 Å². The number of aromatic nitrogens is 3. The van der Waals surface area contributed by atoms with Crippen molar-refractivity contribution >= 4 is 16.7 Å². The highest BCUT2D eigenvalue weighted by Gasteiger charge is 2.06. The third-order valence-electron chi connectivity index (χ3n) is 2.52. The topological polar surface area (TPSA) is 59.4 Å². The molecular weight excluding hydrogens is 206 g/mol. The van der Waals surface area contributed by atoms with Crippen molar-refractivity contribution in [2.75, 3.05) is 7.11 Å². The first-order chi connectivity index (χ1) is 7.79. The van der Waals surface area contributed by atoms with Gasteiger partial charge in [-0.05, 0) is 18.2 Å². The van der Waals surface area contributed by atoms with E-state index in [1.54, 1.807) is 35.9 Å². The molecule has 80 valence electrons. The van der Waals surface area contributed by atoms with Crippen LogP contribution >= 0.6 is 0 Å². The summed E-state index contributed by atoms with van der Waals surface area (Å²) in [6, 6.07) is 7.06. The lowest BCUT2D eigenvalue weighted by molar-refractivity contribution is 0.399. The Kier molecular flexibility index (Phi) is 1.73. The van der Waals surface area contributed by atoms with E-state index < -0.39 is 0 Å². The van der Waals surface area contributed by atoms with E-state index in [1.165, 1.54) is 0 Å². The van der Waals surface area contributed by atoms with E-state index in [-0.39, 0.29) is 5.56 Å². The van der Waals surface area contributed by atoms with Crippen molar-refractivity contribution in [1.82, 2.24) is 14.4 Å². The predicted molar refractivity (Wildman–Crippen MR) is 59.9 cm³/mol. The molecule has 5 heteroatoms. The molecule has 0 saturated heterocycles. The normalized spacial score (nSPS) is 11.1. The molecule has 0 aliphatic heterocycles. The van der Waals surface area contributed by atoms with E-state index in [0.29, 0.717) is 22.6 Å².